The second-order valence-corrected chi connectivity index (χ2v) is 32.2. The number of nitrogens with one attached hydrogen (secondary N) is 14. The summed E-state index contributed by atoms with van der Waals surface area (Å²) in [7, 11) is 1.56. The van der Waals surface area contributed by atoms with E-state index in [0.717, 1.165) is 12.5 Å². The molecule has 0 aliphatic rings. The maximum absolute atomic E-state index is 15.0. The minimum absolute atomic E-state index is 0.0236. The number of nitrogens with two attached hydrogens (primary N) is 3. The topological polar surface area (TPSA) is 671 Å². The highest BCUT2D eigenvalue weighted by molar-refractivity contribution is 6.05. The lowest BCUT2D eigenvalue weighted by Gasteiger charge is -2.28. The molecule has 0 spiro atoms. The second kappa shape index (κ2) is 60.6. The first-order chi connectivity index (χ1) is 65.9. The number of benzene rings is 4. The van der Waals surface area contributed by atoms with E-state index in [4.69, 9.17) is 60.9 Å². The predicted molar refractivity (Wildman–Crippen MR) is 496 cm³/mol. The molecular formula is C91H129N23O23. The lowest BCUT2D eigenvalue weighted by Crippen LogP contribution is -2.62. The van der Waals surface area contributed by atoms with Crippen molar-refractivity contribution in [3.8, 4) is 5.75 Å². The van der Waals surface area contributed by atoms with Crippen LogP contribution >= 0.6 is 0 Å². The molecule has 4 aromatic carbocycles. The number of aromatic hydroxyl groups is 1. The number of nitrogens with zero attached hydrogens (tertiary/aromatic N) is 6. The van der Waals surface area contributed by atoms with Gasteiger partial charge >= 0.3 is 0 Å². The number of aromatic nitrogens is 7. The van der Waals surface area contributed by atoms with Crippen molar-refractivity contribution < 1.29 is 111 Å². The van der Waals surface area contributed by atoms with Crippen LogP contribution in [0.15, 0.2) is 140 Å². The van der Waals surface area contributed by atoms with Crippen LogP contribution in [-0.2, 0) is 141 Å². The van der Waals surface area contributed by atoms with E-state index in [0.29, 0.717) is 92.4 Å². The second-order valence-electron chi connectivity index (χ2n) is 32.2. The van der Waals surface area contributed by atoms with Crippen LogP contribution < -0.4 is 81.0 Å². The average molecular weight is 1910 g/mol. The van der Waals surface area contributed by atoms with E-state index < -0.39 is 150 Å². The van der Waals surface area contributed by atoms with Gasteiger partial charge in [0, 0.05) is 94.0 Å². The Morgan fingerprint density at radius 3 is 1.64 bits per heavy atom. The van der Waals surface area contributed by atoms with Crippen molar-refractivity contribution in [3.05, 3.63) is 174 Å². The van der Waals surface area contributed by atoms with Gasteiger partial charge in [0.1, 0.15) is 65.8 Å². The number of H-pyrrole nitrogens is 1. The third-order valence-electron chi connectivity index (χ3n) is 20.9. The summed E-state index contributed by atoms with van der Waals surface area (Å²) in [6.45, 7) is 12.6. The summed E-state index contributed by atoms with van der Waals surface area (Å²) in [6.07, 6.45) is 2.01. The van der Waals surface area contributed by atoms with Crippen molar-refractivity contribution in [2.24, 2.45) is 23.1 Å². The van der Waals surface area contributed by atoms with Crippen molar-refractivity contribution >= 4 is 93.7 Å². The zero-order chi connectivity index (χ0) is 99.4. The Labute approximate surface area is 791 Å². The smallest absolute Gasteiger partial charge is 0.248 e. The lowest BCUT2D eigenvalue weighted by atomic mass is 10.0. The molecule has 0 aliphatic carbocycles. The minimum Gasteiger partial charge on any atom is -0.508 e. The summed E-state index contributed by atoms with van der Waals surface area (Å²) in [5.41, 5.74) is 19.9. The molecule has 0 saturated heterocycles. The standard InChI is InChI=1S/C91H129N23O23/c1-57(2)47-75(88(128)102-69(21-14-29-98-91(95)96-5)84(124)103-70(82(94)122)48-60-15-8-6-9-16-60)114-56-65(110-112-114)54-100-83(123)71(49-61-17-10-7-11-18-61)105-90(130)80(59(4)116)108-87(127)74(52-76(92)118)104-85(125)73(51-63-53-99-68-20-13-12-19-67(63)68)106-89(129)79(58(3)81(93)121)107-86(126)72(50-62-22-25-66(117)26-23-62)101-78(120)28-33-131-37-41-135-45-46-137-43-39-133-35-31-113-55-64(109-111-113)24-27-77(119)97-30-34-132-38-42-136-44-40-134-36-32-115/h6-13,15-20,22-23,25-26,53,55-57,59,69-75,79-80,99,115-117H,3,14,21,24,27-52,54H2,1-2,4-5H3,(H2,92,118)(H2,93,121)(H2,94,122)(H,97,119)(H,100,123)(H,101,120)(H,102,128)(H,103,124)(H,104,125)(H,105,130)(H,106,129)(H,107,126)(H,108,127)(H3,95,96,98)/t59-,69+,70+,71+,72-,73+,74+,75+,79+,80+/m1/s1. The number of aliphatic hydroxyl groups excluding tert-OH is 2. The number of hydrogen-bond acceptors (Lipinski definition) is 28. The maximum Gasteiger partial charge on any atom is 0.248 e. The van der Waals surface area contributed by atoms with Gasteiger partial charge in [0.05, 0.1) is 137 Å². The first-order valence-corrected chi connectivity index (χ1v) is 44.9. The number of para-hydroxylation sites is 1. The van der Waals surface area contributed by atoms with Crippen molar-refractivity contribution in [2.75, 3.05) is 119 Å². The van der Waals surface area contributed by atoms with Crippen LogP contribution in [0.4, 0.5) is 0 Å². The Balaban J connectivity index is 0.941. The van der Waals surface area contributed by atoms with Gasteiger partial charge in [-0.1, -0.05) is 122 Å². The summed E-state index contributed by atoms with van der Waals surface area (Å²) in [6, 6.07) is 15.5. The molecule has 7 rings (SSSR count). The molecule has 746 valence electrons. The SMILES string of the molecule is C=C(C(N)=O)[C@H](NC(=O)[C@@H](Cc1ccc(O)cc1)NC(=O)CCOCCOCCOCCOCCn1cc(CCC(=O)NCCOCCOCCOCCO)nn1)C(=O)N[C@@H](Cc1c[nH]c2ccccc12)C(=O)N[C@@H](CC(N)=O)C(=O)N[C@H](C(=O)N[C@@H](Cc1ccccc1)C(=O)NCc1cn([C@@H](CC(C)C)C(=O)N[C@@H](CCCNC(=N)NC)C(=O)N[C@@H](Cc2ccccc2)C(N)=O)nn1)[C@@H](C)O. The number of hydrogen-bond donors (Lipinski definition) is 20. The van der Waals surface area contributed by atoms with Crippen molar-refractivity contribution in [3.63, 3.8) is 0 Å². The molecule has 137 heavy (non-hydrogen) atoms. The minimum atomic E-state index is -2.09. The number of phenolic OH excluding ortho intramolecular Hbond substituents is 1. The van der Waals surface area contributed by atoms with Crippen molar-refractivity contribution in [1.82, 2.24) is 98.8 Å². The number of ether oxygens (including phenoxy) is 7. The predicted octanol–water partition coefficient (Wildman–Crippen LogP) is -3.34. The van der Waals surface area contributed by atoms with Gasteiger partial charge < -0.3 is 134 Å². The van der Waals surface area contributed by atoms with Gasteiger partial charge in [-0.25, -0.2) is 9.36 Å². The zero-order valence-electron chi connectivity index (χ0n) is 77.3. The summed E-state index contributed by atoms with van der Waals surface area (Å²) in [5, 5.41) is 86.7. The third kappa shape index (κ3) is 41.2. The molecule has 23 N–H and O–H groups in total. The summed E-state index contributed by atoms with van der Waals surface area (Å²) < 4.78 is 41.3. The normalized spacial score (nSPS) is 13.4. The molecule has 0 aliphatic heterocycles. The number of primary amides is 3. The van der Waals surface area contributed by atoms with Crippen molar-refractivity contribution in [2.45, 2.75) is 165 Å². The van der Waals surface area contributed by atoms with Crippen LogP contribution in [-0.4, -0.2) is 307 Å². The molecule has 0 radical (unpaired) electrons. The van der Waals surface area contributed by atoms with E-state index >= 15 is 4.79 Å². The van der Waals surface area contributed by atoms with Gasteiger partial charge in [0.15, 0.2) is 5.96 Å². The van der Waals surface area contributed by atoms with Crippen LogP contribution in [0.25, 0.3) is 10.9 Å². The Bertz CT molecular complexity index is 5000. The largest absolute Gasteiger partial charge is 0.508 e. The van der Waals surface area contributed by atoms with Crippen LogP contribution in [0.3, 0.4) is 0 Å². The number of amides is 13. The van der Waals surface area contributed by atoms with Gasteiger partial charge in [-0.05, 0) is 72.6 Å². The number of aryl methyl sites for hydroxylation is 1. The molecule has 0 saturated carbocycles. The fourth-order valence-electron chi connectivity index (χ4n) is 13.7. The Morgan fingerprint density at radius 1 is 0.504 bits per heavy atom. The number of aliphatic hydroxyl groups is 2. The van der Waals surface area contributed by atoms with Gasteiger partial charge in [-0.2, -0.15) is 0 Å². The molecule has 0 bridgehead atoms. The van der Waals surface area contributed by atoms with Gasteiger partial charge in [-0.15, -0.1) is 10.2 Å². The molecule has 46 nitrogen and oxygen atoms in total. The third-order valence-corrected chi connectivity index (χ3v) is 20.9. The molecule has 3 aromatic heterocycles. The van der Waals surface area contributed by atoms with Crippen LogP contribution in [0, 0.1) is 11.3 Å². The fraction of sp³-hybridized carbons (Fsp3) is 0.495. The number of phenols is 1. The summed E-state index contributed by atoms with van der Waals surface area (Å²) in [5.74, 6) is -12.5. The van der Waals surface area contributed by atoms with E-state index in [1.807, 2.05) is 13.8 Å². The number of aromatic amines is 1. The highest BCUT2D eigenvalue weighted by Crippen LogP contribution is 2.23. The van der Waals surface area contributed by atoms with E-state index in [2.05, 4.69) is 96.0 Å². The summed E-state index contributed by atoms with van der Waals surface area (Å²) >= 11 is 0. The van der Waals surface area contributed by atoms with Crippen molar-refractivity contribution in [1.29, 1.82) is 5.41 Å². The number of carbonyl (C=O) groups is 13. The molecule has 46 heteroatoms. The zero-order valence-corrected chi connectivity index (χ0v) is 77.3. The monoisotopic (exact) mass is 1910 g/mol. The van der Waals surface area contributed by atoms with E-state index in [-0.39, 0.29) is 153 Å². The molecule has 0 unspecified atom stereocenters. The Morgan fingerprint density at radius 2 is 1.03 bits per heavy atom. The van der Waals surface area contributed by atoms with Crippen LogP contribution in [0.5, 0.6) is 5.75 Å². The maximum atomic E-state index is 15.0. The number of carbonyl (C=O) groups excluding carboxylic acids is 13. The fourth-order valence-corrected chi connectivity index (χ4v) is 13.7. The Hall–Kier alpha value is -13.7. The summed E-state index contributed by atoms with van der Waals surface area (Å²) in [4.78, 5) is 184. The molecule has 3 heterocycles. The first-order valence-electron chi connectivity index (χ1n) is 44.9. The quantitative estimate of drug-likeness (QED) is 0.00767. The Kier molecular flexibility index (Phi) is 48.8. The highest BCUT2D eigenvalue weighted by atomic mass is 16.6. The highest BCUT2D eigenvalue weighted by Gasteiger charge is 2.39. The van der Waals surface area contributed by atoms with E-state index in [1.54, 1.807) is 103 Å². The van der Waals surface area contributed by atoms with Gasteiger partial charge in [0.25, 0.3) is 0 Å². The van der Waals surface area contributed by atoms with E-state index in [9.17, 15) is 67.7 Å². The molecule has 0 fully saturated rings. The average Bonchev–Trinajstić information content (AvgIpc) is 1.68. The van der Waals surface area contributed by atoms with Gasteiger partial charge in [-0.3, -0.25) is 67.7 Å². The number of guanidine groups is 1. The molecule has 10 atom stereocenters. The lowest BCUT2D eigenvalue weighted by molar-refractivity contribution is -0.137. The first kappa shape index (κ1) is 110. The molecule has 7 aromatic rings. The van der Waals surface area contributed by atoms with E-state index in [1.165, 1.54) is 41.3 Å². The molecular weight excluding hydrogens is 1780 g/mol. The number of fused-ring (bicyclic) bond motifs is 1. The molecule has 13 amide bonds. The van der Waals surface area contributed by atoms with Gasteiger partial charge in [0.2, 0.25) is 76.8 Å². The van der Waals surface area contributed by atoms with Crippen LogP contribution in [0.1, 0.15) is 99.0 Å². The van der Waals surface area contributed by atoms with Crippen LogP contribution in [0.2, 0.25) is 0 Å². The number of rotatable bonds is 68.